The molecule has 2 unspecified atom stereocenters. The molecule has 0 fully saturated rings. The Morgan fingerprint density at radius 3 is 2.70 bits per heavy atom. The second kappa shape index (κ2) is 8.28. The maximum absolute atomic E-state index is 12.8. The van der Waals surface area contributed by atoms with Gasteiger partial charge in [-0.1, -0.05) is 42.5 Å². The zero-order valence-corrected chi connectivity index (χ0v) is 15.4. The van der Waals surface area contributed by atoms with Crippen molar-refractivity contribution in [1.29, 1.82) is 0 Å². The zero-order chi connectivity index (χ0) is 19.4. The number of rotatable bonds is 5. The molecule has 0 bridgehead atoms. The van der Waals surface area contributed by atoms with Crippen LogP contribution in [0.5, 0.6) is 0 Å². The Bertz CT molecular complexity index is 884. The van der Waals surface area contributed by atoms with Gasteiger partial charge in [0.25, 0.3) is 0 Å². The van der Waals surface area contributed by atoms with E-state index >= 15 is 0 Å². The van der Waals surface area contributed by atoms with Crippen LogP contribution in [0.25, 0.3) is 0 Å². The highest BCUT2D eigenvalue weighted by Crippen LogP contribution is 2.28. The Balaban J connectivity index is 1.87. The lowest BCUT2D eigenvalue weighted by Gasteiger charge is -2.30. The Kier molecular flexibility index (Phi) is 5.82. The van der Waals surface area contributed by atoms with E-state index < -0.39 is 17.2 Å². The fraction of sp³-hybridized carbons (Fsp3) is 0.158. The molecule has 0 saturated heterocycles. The van der Waals surface area contributed by atoms with Crippen molar-refractivity contribution in [2.45, 2.75) is 19.6 Å². The highest BCUT2D eigenvalue weighted by molar-refractivity contribution is 7.80. The van der Waals surface area contributed by atoms with Crippen LogP contribution in [0.4, 0.5) is 5.69 Å². The van der Waals surface area contributed by atoms with Crippen molar-refractivity contribution in [2.75, 3.05) is 0 Å². The summed E-state index contributed by atoms with van der Waals surface area (Å²) in [7, 11) is 0. The average molecular weight is 385 g/mol. The second-order valence-electron chi connectivity index (χ2n) is 6.06. The van der Waals surface area contributed by atoms with Gasteiger partial charge in [0.05, 0.1) is 11.6 Å². The number of thiocarbonyl (C=S) groups is 1. The average Bonchev–Trinajstić information content (AvgIpc) is 2.66. The van der Waals surface area contributed by atoms with Gasteiger partial charge >= 0.3 is 5.97 Å². The molecule has 27 heavy (non-hydrogen) atoms. The highest BCUT2D eigenvalue weighted by atomic mass is 32.1. The summed E-state index contributed by atoms with van der Waals surface area (Å²) >= 11 is 5.20. The molecule has 3 rings (SSSR count). The van der Waals surface area contributed by atoms with Crippen LogP contribution in [0.3, 0.4) is 0 Å². The van der Waals surface area contributed by atoms with E-state index in [0.29, 0.717) is 21.9 Å². The fourth-order valence-electron chi connectivity index (χ4n) is 2.87. The smallest absolute Gasteiger partial charge is 0.338 e. The van der Waals surface area contributed by atoms with Gasteiger partial charge in [-0.05, 0) is 30.3 Å². The van der Waals surface area contributed by atoms with Gasteiger partial charge in [-0.25, -0.2) is 10.0 Å². The maximum Gasteiger partial charge on any atom is 0.338 e. The van der Waals surface area contributed by atoms with Crippen LogP contribution >= 0.6 is 12.2 Å². The third-order valence-corrected chi connectivity index (χ3v) is 4.39. The largest absolute Gasteiger partial charge is 0.595 e. The molecule has 140 valence electrons. The van der Waals surface area contributed by atoms with Crippen molar-refractivity contribution in [3.63, 3.8) is 0 Å². The summed E-state index contributed by atoms with van der Waals surface area (Å²) in [6.45, 7) is 1.88. The Morgan fingerprint density at radius 2 is 2.00 bits per heavy atom. The van der Waals surface area contributed by atoms with E-state index in [0.717, 1.165) is 5.56 Å². The van der Waals surface area contributed by atoms with Gasteiger partial charge in [-0.3, -0.25) is 0 Å². The first-order valence-electron chi connectivity index (χ1n) is 8.28. The summed E-state index contributed by atoms with van der Waals surface area (Å²) in [5, 5.41) is 25.8. The summed E-state index contributed by atoms with van der Waals surface area (Å²) in [6.07, 6.45) is 0. The standard InChI is InChI=1S/C19H19N3O4S/c1-12-16(18(23)26-11-13-6-3-2-4-7-13)17(21-19(27)20-12)14-8-5-9-15(10-14)22(24)25/h2-10,17,22,24H,11H2,1H3,(H2,20,21,27). The van der Waals surface area contributed by atoms with E-state index in [9.17, 15) is 15.2 Å². The number of allylic oxidation sites excluding steroid dienone is 1. The van der Waals surface area contributed by atoms with E-state index in [2.05, 4.69) is 10.6 Å². The number of carbonyl (C=O) groups excluding carboxylic acids is 1. The minimum Gasteiger partial charge on any atom is -0.595 e. The molecule has 0 radical (unpaired) electrons. The molecule has 2 aromatic carbocycles. The van der Waals surface area contributed by atoms with Crippen LogP contribution in [-0.2, 0) is 16.1 Å². The first-order valence-corrected chi connectivity index (χ1v) is 8.69. The maximum atomic E-state index is 12.8. The molecular weight excluding hydrogens is 366 g/mol. The predicted molar refractivity (Wildman–Crippen MR) is 103 cm³/mol. The number of nitrogens with one attached hydrogen (secondary N) is 3. The van der Waals surface area contributed by atoms with E-state index in [1.54, 1.807) is 19.1 Å². The second-order valence-corrected chi connectivity index (χ2v) is 6.47. The van der Waals surface area contributed by atoms with Crippen LogP contribution in [0.2, 0.25) is 0 Å². The van der Waals surface area contributed by atoms with Crippen LogP contribution in [-0.4, -0.2) is 16.3 Å². The minimum absolute atomic E-state index is 0.133. The van der Waals surface area contributed by atoms with Gasteiger partial charge in [-0.2, -0.15) is 5.23 Å². The van der Waals surface area contributed by atoms with Crippen molar-refractivity contribution in [3.05, 3.63) is 82.2 Å². The third-order valence-electron chi connectivity index (χ3n) is 4.17. The van der Waals surface area contributed by atoms with E-state index in [4.69, 9.17) is 17.0 Å². The zero-order valence-electron chi connectivity index (χ0n) is 14.6. The fourth-order valence-corrected chi connectivity index (χ4v) is 3.14. The number of hydrogen-bond donors (Lipinski definition) is 4. The summed E-state index contributed by atoms with van der Waals surface area (Å²) in [5.74, 6) is -0.496. The SMILES string of the molecule is CC1=C(C(=O)OCc2ccccc2)C(c2cccc([NH+]([O-])O)c2)NC(=S)N1. The van der Waals surface area contributed by atoms with Gasteiger partial charge in [0.15, 0.2) is 10.8 Å². The van der Waals surface area contributed by atoms with Crippen molar-refractivity contribution < 1.29 is 20.0 Å². The van der Waals surface area contributed by atoms with Crippen LogP contribution in [0.15, 0.2) is 65.9 Å². The van der Waals surface area contributed by atoms with Crippen LogP contribution in [0, 0.1) is 5.21 Å². The molecule has 0 aromatic heterocycles. The lowest BCUT2D eigenvalue weighted by atomic mass is 9.95. The first kappa shape index (κ1) is 19.0. The quantitative estimate of drug-likeness (QED) is 0.353. The third kappa shape index (κ3) is 4.50. The number of hydrogen-bond acceptors (Lipinski definition) is 5. The van der Waals surface area contributed by atoms with Gasteiger partial charge in [-0.15, -0.1) is 0 Å². The Hall–Kier alpha value is -2.78. The molecule has 0 spiro atoms. The van der Waals surface area contributed by atoms with Crippen LogP contribution < -0.4 is 15.9 Å². The molecule has 7 nitrogen and oxygen atoms in total. The van der Waals surface area contributed by atoms with E-state index in [1.807, 2.05) is 30.3 Å². The van der Waals surface area contributed by atoms with Crippen molar-refractivity contribution in [1.82, 2.24) is 10.6 Å². The highest BCUT2D eigenvalue weighted by Gasteiger charge is 2.31. The number of ether oxygens (including phenoxy) is 1. The molecule has 4 N–H and O–H groups in total. The monoisotopic (exact) mass is 385 g/mol. The van der Waals surface area contributed by atoms with Gasteiger partial charge in [0.2, 0.25) is 0 Å². The molecule has 2 atom stereocenters. The molecule has 2 aromatic rings. The molecule has 0 saturated carbocycles. The predicted octanol–water partition coefficient (Wildman–Crippen LogP) is 1.63. The number of esters is 1. The lowest BCUT2D eigenvalue weighted by molar-refractivity contribution is -0.991. The molecular formula is C19H19N3O4S. The molecule has 1 aliphatic rings. The minimum atomic E-state index is -1.04. The van der Waals surface area contributed by atoms with Crippen molar-refractivity contribution >= 4 is 29.0 Å². The van der Waals surface area contributed by atoms with Crippen molar-refractivity contribution in [3.8, 4) is 0 Å². The number of carbonyl (C=O) groups is 1. The normalized spacial score (nSPS) is 17.7. The summed E-state index contributed by atoms with van der Waals surface area (Å²) < 4.78 is 5.47. The molecule has 1 aliphatic heterocycles. The van der Waals surface area contributed by atoms with E-state index in [1.165, 1.54) is 12.1 Å². The number of quaternary nitrogens is 1. The van der Waals surface area contributed by atoms with E-state index in [-0.39, 0.29) is 12.3 Å². The van der Waals surface area contributed by atoms with Gasteiger partial charge in [0, 0.05) is 17.8 Å². The first-order chi connectivity index (χ1) is 13.0. The molecule has 8 heteroatoms. The summed E-state index contributed by atoms with van der Waals surface area (Å²) in [5.41, 5.74) is 2.56. The lowest BCUT2D eigenvalue weighted by Crippen LogP contribution is -2.99. The summed E-state index contributed by atoms with van der Waals surface area (Å²) in [6, 6.07) is 15.2. The topological polar surface area (TPSA) is 98.1 Å². The molecule has 1 heterocycles. The van der Waals surface area contributed by atoms with Crippen LogP contribution in [0.1, 0.15) is 24.1 Å². The van der Waals surface area contributed by atoms with Gasteiger partial charge < -0.3 is 20.6 Å². The Morgan fingerprint density at radius 1 is 1.26 bits per heavy atom. The van der Waals surface area contributed by atoms with Crippen molar-refractivity contribution in [2.24, 2.45) is 0 Å². The summed E-state index contributed by atoms with van der Waals surface area (Å²) in [4.78, 5) is 12.8. The number of benzene rings is 2. The Labute approximate surface area is 161 Å². The van der Waals surface area contributed by atoms with Gasteiger partial charge in [0.1, 0.15) is 6.61 Å². The molecule has 0 aliphatic carbocycles. The molecule has 0 amide bonds.